The monoisotopic (exact) mass is 358 g/mol. The molecule has 5 nitrogen and oxygen atoms in total. The highest BCUT2D eigenvalue weighted by atomic mass is 35.5. The number of hydrogen-bond acceptors (Lipinski definition) is 2. The third-order valence-electron chi connectivity index (χ3n) is 3.58. The first kappa shape index (κ1) is 18.8. The molecule has 2 aromatic rings. The van der Waals surface area contributed by atoms with E-state index in [1.165, 1.54) is 12.5 Å². The first-order chi connectivity index (χ1) is 12.1. The Bertz CT molecular complexity index is 711. The van der Waals surface area contributed by atoms with Crippen molar-refractivity contribution in [1.29, 1.82) is 0 Å². The largest absolute Gasteiger partial charge is 0.356 e. The second-order valence-electron chi connectivity index (χ2n) is 5.61. The molecule has 6 heteroatoms. The molecule has 0 saturated carbocycles. The van der Waals surface area contributed by atoms with Gasteiger partial charge in [0.15, 0.2) is 5.96 Å². The molecule has 3 N–H and O–H groups in total. The van der Waals surface area contributed by atoms with Crippen molar-refractivity contribution in [2.24, 2.45) is 4.99 Å². The van der Waals surface area contributed by atoms with Crippen molar-refractivity contribution in [3.05, 3.63) is 64.7 Å². The van der Waals surface area contributed by atoms with E-state index in [1.54, 1.807) is 7.05 Å². The molecule has 0 saturated heterocycles. The van der Waals surface area contributed by atoms with Crippen molar-refractivity contribution in [3.8, 4) is 0 Å². The van der Waals surface area contributed by atoms with Gasteiger partial charge in [-0.15, -0.1) is 0 Å². The molecule has 0 aliphatic heterocycles. The normalized spacial score (nSPS) is 11.1. The van der Waals surface area contributed by atoms with Gasteiger partial charge in [-0.25, -0.2) is 0 Å². The molecule has 0 unspecified atom stereocenters. The summed E-state index contributed by atoms with van der Waals surface area (Å²) in [6, 6.07) is 15.6. The van der Waals surface area contributed by atoms with Crippen molar-refractivity contribution < 1.29 is 4.79 Å². The van der Waals surface area contributed by atoms with Gasteiger partial charge in [0.25, 0.3) is 0 Å². The van der Waals surface area contributed by atoms with Crippen molar-refractivity contribution >= 4 is 29.2 Å². The van der Waals surface area contributed by atoms with Gasteiger partial charge in [-0.2, -0.15) is 0 Å². The lowest BCUT2D eigenvalue weighted by molar-refractivity contribution is -0.114. The maximum Gasteiger partial charge on any atom is 0.221 e. The van der Waals surface area contributed by atoms with Gasteiger partial charge < -0.3 is 16.0 Å². The van der Waals surface area contributed by atoms with Crippen LogP contribution in [0.4, 0.5) is 5.69 Å². The predicted molar refractivity (Wildman–Crippen MR) is 104 cm³/mol. The van der Waals surface area contributed by atoms with Gasteiger partial charge in [0, 0.05) is 37.8 Å². The Morgan fingerprint density at radius 3 is 2.24 bits per heavy atom. The van der Waals surface area contributed by atoms with Crippen molar-refractivity contribution in [2.45, 2.75) is 19.9 Å². The summed E-state index contributed by atoms with van der Waals surface area (Å²) < 4.78 is 0. The van der Waals surface area contributed by atoms with Crippen LogP contribution in [-0.4, -0.2) is 25.5 Å². The van der Waals surface area contributed by atoms with E-state index in [0.717, 1.165) is 35.2 Å². The Kier molecular flexibility index (Phi) is 7.29. The van der Waals surface area contributed by atoms with Gasteiger partial charge in [0.1, 0.15) is 0 Å². The molecule has 0 aromatic heterocycles. The molecule has 1 amide bonds. The summed E-state index contributed by atoms with van der Waals surface area (Å²) in [6.45, 7) is 2.95. The zero-order valence-electron chi connectivity index (χ0n) is 14.5. The van der Waals surface area contributed by atoms with Gasteiger partial charge >= 0.3 is 0 Å². The maximum atomic E-state index is 11.0. The van der Waals surface area contributed by atoms with Crippen LogP contribution in [0, 0.1) is 0 Å². The van der Waals surface area contributed by atoms with Gasteiger partial charge in [0.05, 0.1) is 0 Å². The summed E-state index contributed by atoms with van der Waals surface area (Å²) in [5, 5.41) is 10.1. The number of carbonyl (C=O) groups is 1. The molecular formula is C19H23ClN4O. The second kappa shape index (κ2) is 9.69. The zero-order valence-corrected chi connectivity index (χ0v) is 15.2. The number of aliphatic imine (C=N–C) groups is 1. The number of hydrogen-bond donors (Lipinski definition) is 3. The molecule has 0 bridgehead atoms. The van der Waals surface area contributed by atoms with E-state index in [0.29, 0.717) is 6.54 Å². The van der Waals surface area contributed by atoms with Crippen LogP contribution in [0.2, 0.25) is 5.02 Å². The number of rotatable bonds is 6. The van der Waals surface area contributed by atoms with Crippen LogP contribution in [0.3, 0.4) is 0 Å². The van der Waals surface area contributed by atoms with Crippen LogP contribution in [-0.2, 0) is 17.8 Å². The van der Waals surface area contributed by atoms with Crippen molar-refractivity contribution in [1.82, 2.24) is 10.6 Å². The molecule has 0 fully saturated rings. The van der Waals surface area contributed by atoms with Crippen molar-refractivity contribution in [3.63, 3.8) is 0 Å². The molecular weight excluding hydrogens is 336 g/mol. The van der Waals surface area contributed by atoms with Crippen LogP contribution < -0.4 is 16.0 Å². The fourth-order valence-corrected chi connectivity index (χ4v) is 2.42. The molecule has 0 heterocycles. The van der Waals surface area contributed by atoms with E-state index in [4.69, 9.17) is 11.6 Å². The smallest absolute Gasteiger partial charge is 0.221 e. The molecule has 132 valence electrons. The first-order valence-corrected chi connectivity index (χ1v) is 8.50. The minimum atomic E-state index is -0.0648. The second-order valence-corrected chi connectivity index (χ2v) is 6.04. The minimum absolute atomic E-state index is 0.0648. The van der Waals surface area contributed by atoms with Crippen LogP contribution >= 0.6 is 11.6 Å². The summed E-state index contributed by atoms with van der Waals surface area (Å²) in [6.07, 6.45) is 0.863. The van der Waals surface area contributed by atoms with E-state index < -0.39 is 0 Å². The fourth-order valence-electron chi connectivity index (χ4n) is 2.29. The van der Waals surface area contributed by atoms with E-state index >= 15 is 0 Å². The highest BCUT2D eigenvalue weighted by Gasteiger charge is 2.00. The van der Waals surface area contributed by atoms with Gasteiger partial charge in [-0.05, 0) is 41.8 Å². The molecule has 0 aliphatic carbocycles. The number of carbonyl (C=O) groups excluding carboxylic acids is 1. The Morgan fingerprint density at radius 2 is 1.64 bits per heavy atom. The highest BCUT2D eigenvalue weighted by molar-refractivity contribution is 6.30. The predicted octanol–water partition coefficient (Wildman–Crippen LogP) is 3.21. The summed E-state index contributed by atoms with van der Waals surface area (Å²) in [4.78, 5) is 15.2. The molecule has 0 spiro atoms. The quantitative estimate of drug-likeness (QED) is 0.548. The third-order valence-corrected chi connectivity index (χ3v) is 3.83. The lowest BCUT2D eigenvalue weighted by Crippen LogP contribution is -2.37. The average Bonchev–Trinajstić information content (AvgIpc) is 2.60. The van der Waals surface area contributed by atoms with Crippen LogP contribution in [0.15, 0.2) is 53.5 Å². The standard InChI is InChI=1S/C19H23ClN4O/c1-14(25)24-18-9-5-15(6-10-18)11-12-22-19(21-2)23-13-16-3-7-17(20)8-4-16/h3-10H,11-13H2,1-2H3,(H,24,25)(H2,21,22,23). The molecule has 2 aromatic carbocycles. The Hall–Kier alpha value is -2.53. The lowest BCUT2D eigenvalue weighted by Gasteiger charge is -2.12. The number of guanidine groups is 1. The Balaban J connectivity index is 1.75. The van der Waals surface area contributed by atoms with Crippen molar-refractivity contribution in [2.75, 3.05) is 18.9 Å². The third kappa shape index (κ3) is 6.85. The Morgan fingerprint density at radius 1 is 1.00 bits per heavy atom. The molecule has 0 aliphatic rings. The highest BCUT2D eigenvalue weighted by Crippen LogP contribution is 2.10. The van der Waals surface area contributed by atoms with Gasteiger partial charge in [-0.3, -0.25) is 9.79 Å². The van der Waals surface area contributed by atoms with E-state index in [2.05, 4.69) is 20.9 Å². The lowest BCUT2D eigenvalue weighted by atomic mass is 10.1. The molecule has 0 radical (unpaired) electrons. The zero-order chi connectivity index (χ0) is 18.1. The minimum Gasteiger partial charge on any atom is -0.356 e. The van der Waals surface area contributed by atoms with E-state index in [-0.39, 0.29) is 5.91 Å². The number of halogens is 1. The summed E-state index contributed by atoms with van der Waals surface area (Å²) in [5.41, 5.74) is 3.14. The fraction of sp³-hybridized carbons (Fsp3) is 0.263. The number of anilines is 1. The summed E-state index contributed by atoms with van der Waals surface area (Å²) in [7, 11) is 1.75. The number of nitrogens with one attached hydrogen (secondary N) is 3. The molecule has 0 atom stereocenters. The number of nitrogens with zero attached hydrogens (tertiary/aromatic N) is 1. The van der Waals surface area contributed by atoms with Gasteiger partial charge in [-0.1, -0.05) is 35.9 Å². The topological polar surface area (TPSA) is 65.5 Å². The van der Waals surface area contributed by atoms with E-state index in [1.807, 2.05) is 48.5 Å². The summed E-state index contributed by atoms with van der Waals surface area (Å²) >= 11 is 5.89. The van der Waals surface area contributed by atoms with Crippen LogP contribution in [0.1, 0.15) is 18.1 Å². The molecule has 25 heavy (non-hydrogen) atoms. The number of benzene rings is 2. The van der Waals surface area contributed by atoms with Crippen LogP contribution in [0.25, 0.3) is 0 Å². The summed E-state index contributed by atoms with van der Waals surface area (Å²) in [5.74, 6) is 0.690. The SMILES string of the molecule is CN=C(NCCc1ccc(NC(C)=O)cc1)NCc1ccc(Cl)cc1. The average molecular weight is 359 g/mol. The van der Waals surface area contributed by atoms with E-state index in [9.17, 15) is 4.79 Å². The molecule has 2 rings (SSSR count). The first-order valence-electron chi connectivity index (χ1n) is 8.12. The van der Waals surface area contributed by atoms with Crippen LogP contribution in [0.5, 0.6) is 0 Å². The van der Waals surface area contributed by atoms with Gasteiger partial charge in [0.2, 0.25) is 5.91 Å². The maximum absolute atomic E-state index is 11.0. The Labute approximate surface area is 153 Å². The number of amides is 1.